The number of urea groups is 1. The number of piperidine rings is 1. The molecule has 0 aromatic rings. The molecule has 0 aromatic carbocycles. The smallest absolute Gasteiger partial charge is 0.321 e. The average molecular weight is 268 g/mol. The molecule has 4 N–H and O–H groups in total. The lowest BCUT2D eigenvalue weighted by Crippen LogP contribution is -2.51. The van der Waals surface area contributed by atoms with E-state index < -0.39 is 0 Å². The number of nitrogens with one attached hydrogen (secondary N) is 2. The minimum absolute atomic E-state index is 0.233. The number of nitrogens with zero attached hydrogens (tertiary/aromatic N) is 1. The molecule has 6 nitrogen and oxygen atoms in total. The number of likely N-dealkylation sites (tertiary alicyclic amines) is 1. The van der Waals surface area contributed by atoms with E-state index in [1.165, 1.54) is 0 Å². The van der Waals surface area contributed by atoms with Gasteiger partial charge in [-0.25, -0.2) is 4.79 Å². The molecule has 1 saturated heterocycles. The van der Waals surface area contributed by atoms with Crippen LogP contribution in [0.3, 0.4) is 0 Å². The molecule has 1 saturated carbocycles. The zero-order valence-corrected chi connectivity index (χ0v) is 11.5. The Kier molecular flexibility index (Phi) is 4.76. The van der Waals surface area contributed by atoms with Gasteiger partial charge in [0.15, 0.2) is 0 Å². The van der Waals surface area contributed by atoms with Crippen molar-refractivity contribution in [2.75, 3.05) is 19.6 Å². The highest BCUT2D eigenvalue weighted by Gasteiger charge is 2.27. The van der Waals surface area contributed by atoms with Crippen LogP contribution in [-0.4, -0.2) is 48.6 Å². The Morgan fingerprint density at radius 1 is 1.32 bits per heavy atom. The third-order valence-electron chi connectivity index (χ3n) is 3.93. The Labute approximate surface area is 114 Å². The van der Waals surface area contributed by atoms with Gasteiger partial charge in [-0.15, -0.1) is 0 Å². The van der Waals surface area contributed by atoms with Crippen LogP contribution in [0.4, 0.5) is 4.79 Å². The minimum atomic E-state index is -0.367. The zero-order chi connectivity index (χ0) is 13.8. The predicted octanol–water partition coefficient (Wildman–Crippen LogP) is 0.0338. The largest absolute Gasteiger partial charge is 0.335 e. The summed E-state index contributed by atoms with van der Waals surface area (Å²) in [6.07, 6.45) is 3.98. The van der Waals surface area contributed by atoms with Crippen LogP contribution in [-0.2, 0) is 4.79 Å². The molecule has 0 aromatic heterocycles. The molecular formula is C13H24N4O2. The standard InChI is InChI=1S/C13H24N4O2/c1-2-9-7-17(6-5-11(9)14)8-12(18)16-13(19)15-10-3-4-10/h9-11H,2-8,14H2,1H3,(H2,15,16,18,19). The topological polar surface area (TPSA) is 87.5 Å². The highest BCUT2D eigenvalue weighted by Crippen LogP contribution is 2.19. The highest BCUT2D eigenvalue weighted by molar-refractivity contribution is 5.95. The Morgan fingerprint density at radius 2 is 2.05 bits per heavy atom. The zero-order valence-electron chi connectivity index (χ0n) is 11.5. The average Bonchev–Trinajstić information content (AvgIpc) is 3.15. The van der Waals surface area contributed by atoms with Crippen LogP contribution in [0, 0.1) is 5.92 Å². The predicted molar refractivity (Wildman–Crippen MR) is 72.5 cm³/mol. The summed E-state index contributed by atoms with van der Waals surface area (Å²) in [4.78, 5) is 25.3. The molecule has 2 fully saturated rings. The van der Waals surface area contributed by atoms with Crippen molar-refractivity contribution in [3.05, 3.63) is 0 Å². The summed E-state index contributed by atoms with van der Waals surface area (Å²) in [7, 11) is 0. The third kappa shape index (κ3) is 4.47. The van der Waals surface area contributed by atoms with Crippen molar-refractivity contribution in [1.82, 2.24) is 15.5 Å². The normalized spacial score (nSPS) is 27.9. The van der Waals surface area contributed by atoms with Gasteiger partial charge in [-0.1, -0.05) is 13.3 Å². The first kappa shape index (κ1) is 14.3. The van der Waals surface area contributed by atoms with Gasteiger partial charge in [0.25, 0.3) is 0 Å². The van der Waals surface area contributed by atoms with E-state index in [0.717, 1.165) is 38.8 Å². The van der Waals surface area contributed by atoms with Crippen LogP contribution in [0.15, 0.2) is 0 Å². The Hall–Kier alpha value is -1.14. The second-order valence-corrected chi connectivity index (χ2v) is 5.65. The van der Waals surface area contributed by atoms with Crippen LogP contribution in [0.25, 0.3) is 0 Å². The van der Waals surface area contributed by atoms with Crippen LogP contribution >= 0.6 is 0 Å². The molecule has 2 atom stereocenters. The molecule has 2 unspecified atom stereocenters. The van der Waals surface area contributed by atoms with Gasteiger partial charge in [0.1, 0.15) is 0 Å². The minimum Gasteiger partial charge on any atom is -0.335 e. The molecule has 1 aliphatic carbocycles. The van der Waals surface area contributed by atoms with Crippen molar-refractivity contribution in [1.29, 1.82) is 0 Å². The Morgan fingerprint density at radius 3 is 2.68 bits per heavy atom. The maximum atomic E-state index is 11.8. The first-order valence-electron chi connectivity index (χ1n) is 7.16. The second-order valence-electron chi connectivity index (χ2n) is 5.65. The van der Waals surface area contributed by atoms with Crippen molar-refractivity contribution in [3.8, 4) is 0 Å². The van der Waals surface area contributed by atoms with E-state index in [-0.39, 0.29) is 30.6 Å². The number of carbonyl (C=O) groups excluding carboxylic acids is 2. The van der Waals surface area contributed by atoms with Crippen molar-refractivity contribution in [2.24, 2.45) is 11.7 Å². The lowest BCUT2D eigenvalue weighted by atomic mass is 9.91. The van der Waals surface area contributed by atoms with Crippen LogP contribution < -0.4 is 16.4 Å². The Bertz CT molecular complexity index is 344. The SMILES string of the molecule is CCC1CN(CC(=O)NC(=O)NC2CC2)CCC1N. The van der Waals surface area contributed by atoms with E-state index in [4.69, 9.17) is 5.73 Å². The quantitative estimate of drug-likeness (QED) is 0.671. The van der Waals surface area contributed by atoms with Crippen molar-refractivity contribution in [2.45, 2.75) is 44.7 Å². The van der Waals surface area contributed by atoms with E-state index in [9.17, 15) is 9.59 Å². The fraction of sp³-hybridized carbons (Fsp3) is 0.846. The van der Waals surface area contributed by atoms with Crippen LogP contribution in [0.2, 0.25) is 0 Å². The third-order valence-corrected chi connectivity index (χ3v) is 3.93. The molecular weight excluding hydrogens is 244 g/mol. The maximum Gasteiger partial charge on any atom is 0.321 e. The van der Waals surface area contributed by atoms with Gasteiger partial charge in [-0.2, -0.15) is 0 Å². The molecule has 108 valence electrons. The van der Waals surface area contributed by atoms with Crippen LogP contribution in [0.5, 0.6) is 0 Å². The summed E-state index contributed by atoms with van der Waals surface area (Å²) >= 11 is 0. The van der Waals surface area contributed by atoms with Gasteiger partial charge in [0.05, 0.1) is 6.54 Å². The molecule has 1 heterocycles. The van der Waals surface area contributed by atoms with Gasteiger partial charge in [0.2, 0.25) is 5.91 Å². The summed E-state index contributed by atoms with van der Waals surface area (Å²) < 4.78 is 0. The van der Waals surface area contributed by atoms with E-state index >= 15 is 0 Å². The van der Waals surface area contributed by atoms with Gasteiger partial charge >= 0.3 is 6.03 Å². The number of amides is 3. The van der Waals surface area contributed by atoms with Gasteiger partial charge < -0.3 is 11.1 Å². The van der Waals surface area contributed by atoms with E-state index in [2.05, 4.69) is 22.5 Å². The molecule has 2 aliphatic rings. The van der Waals surface area contributed by atoms with Crippen LogP contribution in [0.1, 0.15) is 32.6 Å². The van der Waals surface area contributed by atoms with Crippen molar-refractivity contribution < 1.29 is 9.59 Å². The maximum absolute atomic E-state index is 11.8. The Balaban J connectivity index is 1.70. The summed E-state index contributed by atoms with van der Waals surface area (Å²) in [5, 5.41) is 5.12. The van der Waals surface area contributed by atoms with E-state index in [0.29, 0.717) is 5.92 Å². The summed E-state index contributed by atoms with van der Waals surface area (Å²) in [5.41, 5.74) is 6.03. The second kappa shape index (κ2) is 6.34. The number of rotatable bonds is 4. The first-order chi connectivity index (χ1) is 9.08. The number of carbonyl (C=O) groups is 2. The summed E-state index contributed by atoms with van der Waals surface area (Å²) in [6.45, 7) is 4.07. The number of nitrogens with two attached hydrogens (primary N) is 1. The molecule has 0 radical (unpaired) electrons. The molecule has 2 rings (SSSR count). The molecule has 6 heteroatoms. The summed E-state index contributed by atoms with van der Waals surface area (Å²) in [5.74, 6) is 0.213. The van der Waals surface area contributed by atoms with Gasteiger partial charge in [-0.05, 0) is 25.2 Å². The molecule has 19 heavy (non-hydrogen) atoms. The monoisotopic (exact) mass is 268 g/mol. The number of imide groups is 1. The van der Waals surface area contributed by atoms with Gasteiger partial charge in [0, 0.05) is 25.2 Å². The molecule has 0 bridgehead atoms. The fourth-order valence-corrected chi connectivity index (χ4v) is 2.52. The van der Waals surface area contributed by atoms with Crippen molar-refractivity contribution in [3.63, 3.8) is 0 Å². The molecule has 3 amide bonds. The lowest BCUT2D eigenvalue weighted by molar-refractivity contribution is -0.121. The number of hydrogen-bond donors (Lipinski definition) is 3. The van der Waals surface area contributed by atoms with Crippen molar-refractivity contribution >= 4 is 11.9 Å². The van der Waals surface area contributed by atoms with Gasteiger partial charge in [-0.3, -0.25) is 15.0 Å². The van der Waals surface area contributed by atoms with E-state index in [1.807, 2.05) is 0 Å². The number of hydrogen-bond acceptors (Lipinski definition) is 4. The first-order valence-corrected chi connectivity index (χ1v) is 7.16. The van der Waals surface area contributed by atoms with E-state index in [1.54, 1.807) is 0 Å². The molecule has 0 spiro atoms. The summed E-state index contributed by atoms with van der Waals surface area (Å²) in [6, 6.07) is 0.140. The molecule has 1 aliphatic heterocycles. The lowest BCUT2D eigenvalue weighted by Gasteiger charge is -2.35. The highest BCUT2D eigenvalue weighted by atomic mass is 16.2. The fourth-order valence-electron chi connectivity index (χ4n) is 2.52.